The Morgan fingerprint density at radius 1 is 1.07 bits per heavy atom. The van der Waals surface area contributed by atoms with E-state index in [4.69, 9.17) is 4.74 Å². The summed E-state index contributed by atoms with van der Waals surface area (Å²) >= 11 is 0. The summed E-state index contributed by atoms with van der Waals surface area (Å²) in [6, 6.07) is 18.1. The lowest BCUT2D eigenvalue weighted by molar-refractivity contribution is 0.0963. The van der Waals surface area contributed by atoms with Gasteiger partial charge in [-0.25, -0.2) is 0 Å². The zero-order valence-corrected chi connectivity index (χ0v) is 16.6. The van der Waals surface area contributed by atoms with Crippen LogP contribution < -0.4 is 15.6 Å². The monoisotopic (exact) mass is 402 g/mol. The van der Waals surface area contributed by atoms with Crippen molar-refractivity contribution in [3.63, 3.8) is 0 Å². The Labute approximate surface area is 173 Å². The number of nitrogens with one attached hydrogen (secondary N) is 2. The molecule has 30 heavy (non-hydrogen) atoms. The fourth-order valence-corrected chi connectivity index (χ4v) is 3.76. The Hall–Kier alpha value is -3.67. The van der Waals surface area contributed by atoms with Crippen LogP contribution in [0.3, 0.4) is 0 Å². The highest BCUT2D eigenvalue weighted by Gasteiger charge is 2.28. The normalized spacial score (nSPS) is 15.4. The van der Waals surface area contributed by atoms with E-state index in [9.17, 15) is 14.4 Å². The predicted molar refractivity (Wildman–Crippen MR) is 114 cm³/mol. The number of aromatic nitrogens is 1. The molecule has 0 aliphatic heterocycles. The van der Waals surface area contributed by atoms with Crippen molar-refractivity contribution < 1.29 is 14.3 Å². The number of fused-ring (bicyclic) bond motifs is 1. The summed E-state index contributed by atoms with van der Waals surface area (Å²) in [5.41, 5.74) is 2.03. The van der Waals surface area contributed by atoms with Crippen molar-refractivity contribution in [2.75, 3.05) is 11.9 Å². The second kappa shape index (κ2) is 8.37. The third kappa shape index (κ3) is 4.03. The lowest BCUT2D eigenvalue weighted by Crippen LogP contribution is -2.29. The molecule has 3 aromatic rings. The number of amides is 1. The number of carbonyl (C=O) groups is 2. The molecule has 1 heterocycles. The number of rotatable bonds is 5. The van der Waals surface area contributed by atoms with Gasteiger partial charge >= 0.3 is 0 Å². The standard InChI is InChI=1S/C24H22N2O4/c1-2-30-18-10-8-17(9-11-18)25-23(28)20-14-19-21(26-24(20)29)12-16(13-22(19)27)15-6-4-3-5-7-15/h3-11,14,16H,2,12-13H2,1H3,(H,25,28)(H,26,29)/t16-/m1/s1. The number of ketones is 1. The van der Waals surface area contributed by atoms with E-state index in [1.807, 2.05) is 37.3 Å². The molecule has 4 rings (SSSR count). The van der Waals surface area contributed by atoms with Gasteiger partial charge in [-0.3, -0.25) is 14.4 Å². The van der Waals surface area contributed by atoms with Gasteiger partial charge in [0, 0.05) is 23.4 Å². The van der Waals surface area contributed by atoms with Crippen molar-refractivity contribution >= 4 is 17.4 Å². The zero-order chi connectivity index (χ0) is 21.1. The summed E-state index contributed by atoms with van der Waals surface area (Å²) in [5, 5.41) is 2.70. The van der Waals surface area contributed by atoms with Gasteiger partial charge in [-0.05, 0) is 55.2 Å². The van der Waals surface area contributed by atoms with Crippen LogP contribution in [0.4, 0.5) is 5.69 Å². The summed E-state index contributed by atoms with van der Waals surface area (Å²) in [5.74, 6) is 0.0868. The lowest BCUT2D eigenvalue weighted by atomic mass is 9.81. The highest BCUT2D eigenvalue weighted by molar-refractivity contribution is 6.06. The van der Waals surface area contributed by atoms with Crippen LogP contribution in [0.2, 0.25) is 0 Å². The number of H-pyrrole nitrogens is 1. The third-order valence-electron chi connectivity index (χ3n) is 5.24. The van der Waals surface area contributed by atoms with Gasteiger partial charge in [0.25, 0.3) is 11.5 Å². The number of pyridine rings is 1. The first-order chi connectivity index (χ1) is 14.5. The van der Waals surface area contributed by atoms with Crippen molar-refractivity contribution in [3.05, 3.63) is 93.4 Å². The van der Waals surface area contributed by atoms with Crippen LogP contribution in [0.5, 0.6) is 5.75 Å². The van der Waals surface area contributed by atoms with Crippen molar-refractivity contribution in [3.8, 4) is 5.75 Å². The van der Waals surface area contributed by atoms with Crippen molar-refractivity contribution in [2.45, 2.75) is 25.7 Å². The molecule has 1 amide bonds. The molecule has 0 saturated carbocycles. The second-order valence-electron chi connectivity index (χ2n) is 7.25. The highest BCUT2D eigenvalue weighted by atomic mass is 16.5. The average Bonchev–Trinajstić information content (AvgIpc) is 2.75. The lowest BCUT2D eigenvalue weighted by Gasteiger charge is -2.24. The largest absolute Gasteiger partial charge is 0.494 e. The summed E-state index contributed by atoms with van der Waals surface area (Å²) in [6.07, 6.45) is 0.907. The van der Waals surface area contributed by atoms with E-state index < -0.39 is 11.5 Å². The summed E-state index contributed by atoms with van der Waals surface area (Å²) in [7, 11) is 0. The van der Waals surface area contributed by atoms with Crippen molar-refractivity contribution in [1.82, 2.24) is 4.98 Å². The van der Waals surface area contributed by atoms with Crippen LogP contribution in [-0.4, -0.2) is 23.3 Å². The van der Waals surface area contributed by atoms with Crippen LogP contribution in [0.15, 0.2) is 65.5 Å². The van der Waals surface area contributed by atoms with Gasteiger partial charge in [-0.1, -0.05) is 30.3 Å². The smallest absolute Gasteiger partial charge is 0.261 e. The number of Topliss-reactive ketones (excluding diaryl/α,β-unsaturated/α-hetero) is 1. The SMILES string of the molecule is CCOc1ccc(NC(=O)c2cc3c([nH]c2=O)C[C@@H](c2ccccc2)CC3=O)cc1. The molecular weight excluding hydrogens is 380 g/mol. The number of ether oxygens (including phenoxy) is 1. The number of anilines is 1. The molecule has 1 aliphatic rings. The maximum absolute atomic E-state index is 12.7. The first-order valence-corrected chi connectivity index (χ1v) is 9.93. The fourth-order valence-electron chi connectivity index (χ4n) is 3.76. The molecule has 6 nitrogen and oxygen atoms in total. The highest BCUT2D eigenvalue weighted by Crippen LogP contribution is 2.31. The van der Waals surface area contributed by atoms with E-state index in [0.29, 0.717) is 42.1 Å². The molecule has 0 bridgehead atoms. The molecule has 0 spiro atoms. The summed E-state index contributed by atoms with van der Waals surface area (Å²) in [4.78, 5) is 40.7. The quantitative estimate of drug-likeness (QED) is 0.677. The molecule has 1 atom stereocenters. The number of hydrogen-bond acceptors (Lipinski definition) is 4. The van der Waals surface area contributed by atoms with Crippen LogP contribution in [-0.2, 0) is 6.42 Å². The van der Waals surface area contributed by atoms with E-state index >= 15 is 0 Å². The second-order valence-corrected chi connectivity index (χ2v) is 7.25. The van der Waals surface area contributed by atoms with Crippen LogP contribution in [0.25, 0.3) is 0 Å². The molecule has 0 radical (unpaired) electrons. The average molecular weight is 402 g/mol. The number of hydrogen-bond donors (Lipinski definition) is 2. The van der Waals surface area contributed by atoms with Crippen LogP contribution >= 0.6 is 0 Å². The van der Waals surface area contributed by atoms with Crippen molar-refractivity contribution in [2.24, 2.45) is 0 Å². The molecule has 0 fully saturated rings. The topological polar surface area (TPSA) is 88.3 Å². The predicted octanol–water partition coefficient (Wildman–Crippen LogP) is 3.94. The minimum Gasteiger partial charge on any atom is -0.494 e. The summed E-state index contributed by atoms with van der Waals surface area (Å²) < 4.78 is 5.38. The van der Waals surface area contributed by atoms with Gasteiger partial charge in [0.05, 0.1) is 6.61 Å². The Morgan fingerprint density at radius 3 is 2.50 bits per heavy atom. The molecule has 1 aromatic heterocycles. The van der Waals surface area contributed by atoms with Gasteiger partial charge in [0.15, 0.2) is 5.78 Å². The van der Waals surface area contributed by atoms with E-state index in [0.717, 1.165) is 5.56 Å². The van der Waals surface area contributed by atoms with E-state index in [2.05, 4.69) is 10.3 Å². The number of carbonyl (C=O) groups excluding carboxylic acids is 2. The van der Waals surface area contributed by atoms with Crippen LogP contribution in [0.1, 0.15) is 51.2 Å². The molecule has 0 unspecified atom stereocenters. The number of benzene rings is 2. The van der Waals surface area contributed by atoms with Crippen LogP contribution in [0, 0.1) is 0 Å². The zero-order valence-electron chi connectivity index (χ0n) is 16.6. The first kappa shape index (κ1) is 19.6. The Morgan fingerprint density at radius 2 is 1.80 bits per heavy atom. The molecule has 152 valence electrons. The van der Waals surface area contributed by atoms with Crippen molar-refractivity contribution in [1.29, 1.82) is 0 Å². The van der Waals surface area contributed by atoms with Gasteiger partial charge in [0.2, 0.25) is 0 Å². The molecule has 2 N–H and O–H groups in total. The van der Waals surface area contributed by atoms with E-state index in [1.54, 1.807) is 24.3 Å². The molecule has 0 saturated heterocycles. The Kier molecular flexibility index (Phi) is 5.48. The first-order valence-electron chi connectivity index (χ1n) is 9.93. The van der Waals surface area contributed by atoms with Gasteiger partial charge in [-0.15, -0.1) is 0 Å². The third-order valence-corrected chi connectivity index (χ3v) is 5.24. The molecule has 1 aliphatic carbocycles. The minimum atomic E-state index is -0.554. The Bertz CT molecular complexity index is 1130. The molecule has 6 heteroatoms. The Balaban J connectivity index is 1.56. The fraction of sp³-hybridized carbons (Fsp3) is 0.208. The van der Waals surface area contributed by atoms with Gasteiger partial charge in [-0.2, -0.15) is 0 Å². The molecule has 2 aromatic carbocycles. The van der Waals surface area contributed by atoms with E-state index in [1.165, 1.54) is 6.07 Å². The molecular formula is C24H22N2O4. The van der Waals surface area contributed by atoms with E-state index in [-0.39, 0.29) is 17.3 Å². The van der Waals surface area contributed by atoms with Gasteiger partial charge < -0.3 is 15.0 Å². The van der Waals surface area contributed by atoms with Gasteiger partial charge in [0.1, 0.15) is 11.3 Å². The summed E-state index contributed by atoms with van der Waals surface area (Å²) in [6.45, 7) is 2.44. The maximum Gasteiger partial charge on any atom is 0.261 e. The maximum atomic E-state index is 12.7. The minimum absolute atomic E-state index is 0.0189. The number of aromatic amines is 1.